The van der Waals surface area contributed by atoms with Crippen molar-refractivity contribution in [2.75, 3.05) is 0 Å². The van der Waals surface area contributed by atoms with Gasteiger partial charge in [0.25, 0.3) is 0 Å². The minimum atomic E-state index is 0.568. The standard InChI is InChI=1S/C13H11ClN4OS/c1-9-16-17-12(19-9)8-20-13-15-5-6-18(13)11-4-2-3-10(14)7-11/h2-7H,8H2,1H3. The lowest BCUT2D eigenvalue weighted by Gasteiger charge is -2.06. The van der Waals surface area contributed by atoms with E-state index in [9.17, 15) is 0 Å². The van der Waals surface area contributed by atoms with Gasteiger partial charge in [-0.2, -0.15) is 0 Å². The molecule has 0 N–H and O–H groups in total. The summed E-state index contributed by atoms with van der Waals surface area (Å²) in [5, 5.41) is 9.31. The Bertz CT molecular complexity index is 724. The van der Waals surface area contributed by atoms with Crippen LogP contribution in [0.15, 0.2) is 46.2 Å². The Kier molecular flexibility index (Phi) is 3.75. The van der Waals surface area contributed by atoms with Crippen LogP contribution in [-0.4, -0.2) is 19.7 Å². The molecule has 2 heterocycles. The number of hydrogen-bond acceptors (Lipinski definition) is 5. The van der Waals surface area contributed by atoms with Crippen molar-refractivity contribution >= 4 is 23.4 Å². The van der Waals surface area contributed by atoms with Crippen LogP contribution in [-0.2, 0) is 5.75 Å². The molecule has 0 radical (unpaired) electrons. The summed E-state index contributed by atoms with van der Waals surface area (Å²) >= 11 is 7.55. The maximum Gasteiger partial charge on any atom is 0.226 e. The summed E-state index contributed by atoms with van der Waals surface area (Å²) in [4.78, 5) is 4.34. The van der Waals surface area contributed by atoms with E-state index in [-0.39, 0.29) is 0 Å². The van der Waals surface area contributed by atoms with Gasteiger partial charge in [0.1, 0.15) is 0 Å². The molecular formula is C13H11ClN4OS. The fraction of sp³-hybridized carbons (Fsp3) is 0.154. The third-order valence-corrected chi connectivity index (χ3v) is 3.77. The van der Waals surface area contributed by atoms with Gasteiger partial charge in [-0.3, -0.25) is 4.57 Å². The average Bonchev–Trinajstić information content (AvgIpc) is 3.05. The minimum Gasteiger partial charge on any atom is -0.425 e. The summed E-state index contributed by atoms with van der Waals surface area (Å²) < 4.78 is 7.32. The molecule has 0 saturated heterocycles. The van der Waals surface area contributed by atoms with E-state index < -0.39 is 0 Å². The van der Waals surface area contributed by atoms with Gasteiger partial charge < -0.3 is 4.42 Å². The SMILES string of the molecule is Cc1nnc(CSc2nccn2-c2cccc(Cl)c2)o1. The maximum atomic E-state index is 6.02. The van der Waals surface area contributed by atoms with Crippen LogP contribution in [0.25, 0.3) is 5.69 Å². The Morgan fingerprint density at radius 2 is 2.25 bits per heavy atom. The highest BCUT2D eigenvalue weighted by atomic mass is 35.5. The number of hydrogen-bond donors (Lipinski definition) is 0. The molecule has 7 heteroatoms. The first kappa shape index (κ1) is 13.2. The van der Waals surface area contributed by atoms with Gasteiger partial charge in [0, 0.05) is 30.0 Å². The van der Waals surface area contributed by atoms with Crippen LogP contribution >= 0.6 is 23.4 Å². The smallest absolute Gasteiger partial charge is 0.226 e. The lowest BCUT2D eigenvalue weighted by Crippen LogP contribution is -1.95. The predicted octanol–water partition coefficient (Wildman–Crippen LogP) is 3.51. The molecule has 0 saturated carbocycles. The number of aromatic nitrogens is 4. The van der Waals surface area contributed by atoms with E-state index in [4.69, 9.17) is 16.0 Å². The van der Waals surface area contributed by atoms with Gasteiger partial charge in [0.15, 0.2) is 5.16 Å². The van der Waals surface area contributed by atoms with E-state index in [2.05, 4.69) is 15.2 Å². The van der Waals surface area contributed by atoms with Gasteiger partial charge >= 0.3 is 0 Å². The van der Waals surface area contributed by atoms with Crippen LogP contribution in [0.3, 0.4) is 0 Å². The summed E-state index contributed by atoms with van der Waals surface area (Å²) in [6.45, 7) is 1.77. The fourth-order valence-electron chi connectivity index (χ4n) is 1.74. The van der Waals surface area contributed by atoms with Crippen molar-refractivity contribution in [3.63, 3.8) is 0 Å². The van der Waals surface area contributed by atoms with Gasteiger partial charge in [-0.05, 0) is 18.2 Å². The van der Waals surface area contributed by atoms with Crippen molar-refractivity contribution in [1.29, 1.82) is 0 Å². The number of benzene rings is 1. The Morgan fingerprint density at radius 1 is 1.35 bits per heavy atom. The normalized spacial score (nSPS) is 10.9. The quantitative estimate of drug-likeness (QED) is 0.690. The molecule has 3 aromatic rings. The summed E-state index contributed by atoms with van der Waals surface area (Å²) in [5.74, 6) is 1.74. The minimum absolute atomic E-state index is 0.568. The number of imidazole rings is 1. The second kappa shape index (κ2) is 5.68. The monoisotopic (exact) mass is 306 g/mol. The highest BCUT2D eigenvalue weighted by Crippen LogP contribution is 2.24. The van der Waals surface area contributed by atoms with Gasteiger partial charge in [0.2, 0.25) is 11.8 Å². The molecule has 20 heavy (non-hydrogen) atoms. The van der Waals surface area contributed by atoms with Crippen LogP contribution in [0, 0.1) is 6.92 Å². The first-order valence-electron chi connectivity index (χ1n) is 5.93. The zero-order chi connectivity index (χ0) is 13.9. The van der Waals surface area contributed by atoms with Gasteiger partial charge in [-0.25, -0.2) is 4.98 Å². The largest absolute Gasteiger partial charge is 0.425 e. The summed E-state index contributed by atoms with van der Waals surface area (Å²) in [5.41, 5.74) is 0.971. The Hall–Kier alpha value is -1.79. The van der Waals surface area contributed by atoms with E-state index in [1.54, 1.807) is 13.1 Å². The van der Waals surface area contributed by atoms with E-state index in [0.717, 1.165) is 10.8 Å². The zero-order valence-corrected chi connectivity index (χ0v) is 12.2. The molecule has 0 fully saturated rings. The number of thioether (sulfide) groups is 1. The average molecular weight is 307 g/mol. The summed E-state index contributed by atoms with van der Waals surface area (Å²) in [6.07, 6.45) is 3.65. The third-order valence-electron chi connectivity index (χ3n) is 2.59. The van der Waals surface area contributed by atoms with Crippen LogP contribution in [0.2, 0.25) is 5.02 Å². The van der Waals surface area contributed by atoms with Crippen molar-refractivity contribution < 1.29 is 4.42 Å². The molecule has 1 aromatic carbocycles. The first-order chi connectivity index (χ1) is 9.72. The molecule has 0 aliphatic carbocycles. The highest BCUT2D eigenvalue weighted by Gasteiger charge is 2.09. The number of aryl methyl sites for hydroxylation is 1. The highest BCUT2D eigenvalue weighted by molar-refractivity contribution is 7.98. The Morgan fingerprint density at radius 3 is 3.00 bits per heavy atom. The molecule has 5 nitrogen and oxygen atoms in total. The molecule has 2 aromatic heterocycles. The Balaban J connectivity index is 1.80. The first-order valence-corrected chi connectivity index (χ1v) is 7.30. The molecule has 0 aliphatic rings. The van der Waals surface area contributed by atoms with Crippen molar-refractivity contribution in [3.8, 4) is 5.69 Å². The van der Waals surface area contributed by atoms with Crippen LogP contribution in [0.1, 0.15) is 11.8 Å². The molecule has 0 unspecified atom stereocenters. The van der Waals surface area contributed by atoms with Gasteiger partial charge in [-0.15, -0.1) is 10.2 Å². The molecule has 0 aliphatic heterocycles. The van der Waals surface area contributed by atoms with Crippen molar-refractivity contribution in [2.45, 2.75) is 17.8 Å². The van der Waals surface area contributed by atoms with E-state index in [1.165, 1.54) is 11.8 Å². The van der Waals surface area contributed by atoms with Crippen LogP contribution in [0.5, 0.6) is 0 Å². The molecule has 0 bridgehead atoms. The topological polar surface area (TPSA) is 56.7 Å². The lowest BCUT2D eigenvalue weighted by atomic mass is 10.3. The molecular weight excluding hydrogens is 296 g/mol. The van der Waals surface area contributed by atoms with Gasteiger partial charge in [0.05, 0.1) is 5.75 Å². The zero-order valence-electron chi connectivity index (χ0n) is 10.7. The second-order valence-electron chi connectivity index (χ2n) is 4.06. The predicted molar refractivity (Wildman–Crippen MR) is 77.2 cm³/mol. The summed E-state index contributed by atoms with van der Waals surface area (Å²) in [7, 11) is 0. The Labute approximate surface area is 125 Å². The number of nitrogens with zero attached hydrogens (tertiary/aromatic N) is 4. The van der Waals surface area contributed by atoms with Crippen molar-refractivity contribution in [1.82, 2.24) is 19.7 Å². The number of halogens is 1. The molecule has 102 valence electrons. The molecule has 3 rings (SSSR count). The van der Waals surface area contributed by atoms with Crippen LogP contribution < -0.4 is 0 Å². The number of rotatable bonds is 4. The fourth-order valence-corrected chi connectivity index (χ4v) is 2.74. The van der Waals surface area contributed by atoms with E-state index in [1.807, 2.05) is 35.0 Å². The van der Waals surface area contributed by atoms with Crippen LogP contribution in [0.4, 0.5) is 0 Å². The van der Waals surface area contributed by atoms with Gasteiger partial charge in [-0.1, -0.05) is 29.4 Å². The second-order valence-corrected chi connectivity index (χ2v) is 5.44. The van der Waals surface area contributed by atoms with Crippen molar-refractivity contribution in [2.24, 2.45) is 0 Å². The lowest BCUT2D eigenvalue weighted by molar-refractivity contribution is 0.485. The third kappa shape index (κ3) is 2.86. The van der Waals surface area contributed by atoms with E-state index >= 15 is 0 Å². The molecule has 0 amide bonds. The summed E-state index contributed by atoms with van der Waals surface area (Å²) in [6, 6.07) is 7.63. The molecule has 0 atom stereocenters. The van der Waals surface area contributed by atoms with E-state index in [0.29, 0.717) is 22.6 Å². The molecule has 0 spiro atoms. The van der Waals surface area contributed by atoms with Crippen molar-refractivity contribution in [3.05, 3.63) is 53.5 Å². The maximum absolute atomic E-state index is 6.02.